The normalized spacial score (nSPS) is 13.9. The van der Waals surface area contributed by atoms with Crippen LogP contribution in [0.4, 0.5) is 17.6 Å². The number of benzene rings is 1. The van der Waals surface area contributed by atoms with Crippen LogP contribution in [0.2, 0.25) is 0 Å². The molecule has 2 N–H and O–H groups in total. The van der Waals surface area contributed by atoms with Crippen molar-refractivity contribution in [1.29, 1.82) is 0 Å². The maximum atomic E-state index is 12.8. The van der Waals surface area contributed by atoms with E-state index in [0.717, 1.165) is 12.1 Å². The molecule has 5 heteroatoms. The Kier molecular flexibility index (Phi) is 3.68. The second kappa shape index (κ2) is 4.61. The van der Waals surface area contributed by atoms with Crippen molar-refractivity contribution >= 4 is 0 Å². The van der Waals surface area contributed by atoms with E-state index in [1.807, 2.05) is 0 Å². The van der Waals surface area contributed by atoms with Crippen LogP contribution in [0.25, 0.3) is 0 Å². The molecule has 0 aromatic heterocycles. The van der Waals surface area contributed by atoms with Gasteiger partial charge < -0.3 is 5.73 Å². The van der Waals surface area contributed by atoms with E-state index in [4.69, 9.17) is 5.73 Å². The van der Waals surface area contributed by atoms with Gasteiger partial charge in [0.25, 0.3) is 0 Å². The summed E-state index contributed by atoms with van der Waals surface area (Å²) in [5.41, 5.74) is 4.59. The first kappa shape index (κ1) is 12.0. The molecule has 1 aromatic rings. The number of alkyl halides is 4. The fraction of sp³-hybridized carbons (Fsp3) is 0.400. The molecule has 0 spiro atoms. The van der Waals surface area contributed by atoms with Crippen molar-refractivity contribution in [2.24, 2.45) is 5.73 Å². The number of rotatable bonds is 3. The van der Waals surface area contributed by atoms with Crippen molar-refractivity contribution in [1.82, 2.24) is 0 Å². The molecule has 0 bridgehead atoms. The van der Waals surface area contributed by atoms with Gasteiger partial charge >= 0.3 is 6.18 Å². The molecule has 0 aliphatic heterocycles. The average Bonchev–Trinajstić information content (AvgIpc) is 2.17. The molecule has 0 amide bonds. The van der Waals surface area contributed by atoms with Crippen molar-refractivity contribution in [2.45, 2.75) is 18.8 Å². The molecule has 0 aliphatic carbocycles. The average molecular weight is 221 g/mol. The van der Waals surface area contributed by atoms with Gasteiger partial charge in [-0.15, -0.1) is 0 Å². The van der Waals surface area contributed by atoms with Crippen LogP contribution >= 0.6 is 0 Å². The number of hydrogen-bond acceptors (Lipinski definition) is 1. The Morgan fingerprint density at radius 1 is 1.27 bits per heavy atom. The summed E-state index contributed by atoms with van der Waals surface area (Å²) in [4.78, 5) is 0. The summed E-state index contributed by atoms with van der Waals surface area (Å²) in [7, 11) is 0. The van der Waals surface area contributed by atoms with Crippen molar-refractivity contribution in [3.63, 3.8) is 0 Å². The van der Waals surface area contributed by atoms with E-state index in [0.29, 0.717) is 5.56 Å². The fourth-order valence-corrected chi connectivity index (χ4v) is 1.21. The lowest BCUT2D eigenvalue weighted by Crippen LogP contribution is -2.17. The Balaban J connectivity index is 2.84. The highest BCUT2D eigenvalue weighted by Crippen LogP contribution is 2.29. The molecule has 0 fully saturated rings. The van der Waals surface area contributed by atoms with Crippen LogP contribution in [0, 0.1) is 0 Å². The highest BCUT2D eigenvalue weighted by Gasteiger charge is 2.30. The molecule has 1 rings (SSSR count). The lowest BCUT2D eigenvalue weighted by atomic mass is 10.1. The van der Waals surface area contributed by atoms with E-state index in [9.17, 15) is 17.6 Å². The monoisotopic (exact) mass is 221 g/mol. The summed E-state index contributed by atoms with van der Waals surface area (Å²) in [6.45, 7) is -0.184. The molecule has 0 saturated carbocycles. The second-order valence-corrected chi connectivity index (χ2v) is 3.24. The Bertz CT molecular complexity index is 321. The third kappa shape index (κ3) is 3.51. The first-order valence-corrected chi connectivity index (χ1v) is 4.43. The molecular weight excluding hydrogens is 210 g/mol. The minimum Gasteiger partial charge on any atom is -0.328 e. The van der Waals surface area contributed by atoms with Gasteiger partial charge in [-0.3, -0.25) is 0 Å². The van der Waals surface area contributed by atoms with E-state index >= 15 is 0 Å². The molecule has 84 valence electrons. The van der Waals surface area contributed by atoms with Crippen LogP contribution in [0.15, 0.2) is 24.3 Å². The van der Waals surface area contributed by atoms with Crippen molar-refractivity contribution in [3.8, 4) is 0 Å². The lowest BCUT2D eigenvalue weighted by Gasteiger charge is -2.09. The maximum Gasteiger partial charge on any atom is 0.416 e. The topological polar surface area (TPSA) is 26.0 Å². The Morgan fingerprint density at radius 3 is 2.47 bits per heavy atom. The Hall–Kier alpha value is -1.10. The summed E-state index contributed by atoms with van der Waals surface area (Å²) in [6.07, 6.45) is -5.77. The van der Waals surface area contributed by atoms with Gasteiger partial charge in [0.05, 0.1) is 5.56 Å². The van der Waals surface area contributed by atoms with Gasteiger partial charge in [-0.05, 0) is 11.6 Å². The van der Waals surface area contributed by atoms with Crippen molar-refractivity contribution < 1.29 is 17.6 Å². The highest BCUT2D eigenvalue weighted by molar-refractivity contribution is 5.26. The van der Waals surface area contributed by atoms with E-state index in [2.05, 4.69) is 0 Å². The Labute approximate surface area is 84.9 Å². The largest absolute Gasteiger partial charge is 0.416 e. The Morgan fingerprint density at radius 2 is 1.93 bits per heavy atom. The first-order valence-electron chi connectivity index (χ1n) is 4.43. The zero-order valence-corrected chi connectivity index (χ0v) is 7.89. The summed E-state index contributed by atoms with van der Waals surface area (Å²) < 4.78 is 49.6. The van der Waals surface area contributed by atoms with Gasteiger partial charge in [-0.1, -0.05) is 18.2 Å². The first-order chi connectivity index (χ1) is 6.93. The van der Waals surface area contributed by atoms with Gasteiger partial charge in [0.2, 0.25) is 0 Å². The van der Waals surface area contributed by atoms with Gasteiger partial charge in [0.15, 0.2) is 0 Å². The molecule has 1 atom stereocenters. The minimum absolute atomic E-state index is 0.0829. The quantitative estimate of drug-likeness (QED) is 0.780. The summed E-state index contributed by atoms with van der Waals surface area (Å²) in [5.74, 6) is 0. The van der Waals surface area contributed by atoms with Gasteiger partial charge in [0.1, 0.15) is 6.17 Å². The third-order valence-corrected chi connectivity index (χ3v) is 1.97. The molecule has 15 heavy (non-hydrogen) atoms. The van der Waals surface area contributed by atoms with E-state index in [1.165, 1.54) is 12.1 Å². The molecule has 0 heterocycles. The zero-order valence-electron chi connectivity index (χ0n) is 7.89. The van der Waals surface area contributed by atoms with Crippen LogP contribution in [-0.4, -0.2) is 12.7 Å². The summed E-state index contributed by atoms with van der Waals surface area (Å²) in [5, 5.41) is 0. The molecule has 1 aromatic carbocycles. The molecule has 0 saturated heterocycles. The van der Waals surface area contributed by atoms with Crippen LogP contribution < -0.4 is 5.73 Å². The van der Waals surface area contributed by atoms with Crippen LogP contribution in [0.3, 0.4) is 0 Å². The summed E-state index contributed by atoms with van der Waals surface area (Å²) in [6, 6.07) is 4.63. The van der Waals surface area contributed by atoms with Crippen molar-refractivity contribution in [2.75, 3.05) is 6.54 Å². The predicted molar refractivity (Wildman–Crippen MR) is 49.1 cm³/mol. The smallest absolute Gasteiger partial charge is 0.328 e. The minimum atomic E-state index is -4.38. The summed E-state index contributed by atoms with van der Waals surface area (Å²) >= 11 is 0. The second-order valence-electron chi connectivity index (χ2n) is 3.24. The van der Waals surface area contributed by atoms with Gasteiger partial charge in [-0.25, -0.2) is 4.39 Å². The van der Waals surface area contributed by atoms with E-state index in [1.54, 1.807) is 0 Å². The molecule has 0 radical (unpaired) electrons. The SMILES string of the molecule is NCC(F)Cc1cccc(C(F)(F)F)c1. The standard InChI is InChI=1S/C10H11F4N/c11-9(6-15)5-7-2-1-3-8(4-7)10(12,13)14/h1-4,9H,5-6,15H2. The van der Waals surface area contributed by atoms with Crippen molar-refractivity contribution in [3.05, 3.63) is 35.4 Å². The van der Waals surface area contributed by atoms with E-state index in [-0.39, 0.29) is 13.0 Å². The predicted octanol–water partition coefficient (Wildman–Crippen LogP) is 2.54. The highest BCUT2D eigenvalue weighted by atomic mass is 19.4. The number of hydrogen-bond donors (Lipinski definition) is 1. The van der Waals surface area contributed by atoms with Crippen LogP contribution in [0.5, 0.6) is 0 Å². The van der Waals surface area contributed by atoms with Gasteiger partial charge in [-0.2, -0.15) is 13.2 Å². The zero-order chi connectivity index (χ0) is 11.5. The number of nitrogens with two attached hydrogens (primary N) is 1. The fourth-order valence-electron chi connectivity index (χ4n) is 1.21. The molecule has 1 unspecified atom stereocenters. The van der Waals surface area contributed by atoms with Crippen LogP contribution in [-0.2, 0) is 12.6 Å². The lowest BCUT2D eigenvalue weighted by molar-refractivity contribution is -0.137. The third-order valence-electron chi connectivity index (χ3n) is 1.97. The molecule has 1 nitrogen and oxygen atoms in total. The van der Waals surface area contributed by atoms with Gasteiger partial charge in [0, 0.05) is 13.0 Å². The maximum absolute atomic E-state index is 12.8. The number of halogens is 4. The van der Waals surface area contributed by atoms with Crippen LogP contribution in [0.1, 0.15) is 11.1 Å². The molecule has 0 aliphatic rings. The molecular formula is C10H11F4N. The van der Waals surface area contributed by atoms with E-state index < -0.39 is 17.9 Å².